The van der Waals surface area contributed by atoms with Crippen molar-refractivity contribution in [3.05, 3.63) is 61.0 Å². The van der Waals surface area contributed by atoms with Crippen LogP contribution in [0.5, 0.6) is 5.75 Å². The van der Waals surface area contributed by atoms with Crippen molar-refractivity contribution in [2.24, 2.45) is 0 Å². The molecule has 0 bridgehead atoms. The van der Waals surface area contributed by atoms with Gasteiger partial charge < -0.3 is 14.1 Å². The molecule has 1 unspecified atom stereocenters. The van der Waals surface area contributed by atoms with E-state index in [1.807, 2.05) is 12.1 Å². The maximum absolute atomic E-state index is 11.8. The molecule has 1 atom stereocenters. The third kappa shape index (κ3) is 3.83. The highest BCUT2D eigenvalue weighted by molar-refractivity contribution is 9.11. The number of fused-ring (bicyclic) bond motifs is 1. The van der Waals surface area contributed by atoms with Gasteiger partial charge in [0, 0.05) is 23.1 Å². The van der Waals surface area contributed by atoms with Crippen LogP contribution in [0.1, 0.15) is 10.4 Å². The van der Waals surface area contributed by atoms with Gasteiger partial charge in [-0.25, -0.2) is 4.79 Å². The number of methoxy groups -OCH3 is 1. The number of nitrogens with one attached hydrogen (secondary N) is 1. The van der Waals surface area contributed by atoms with Crippen LogP contribution in [-0.2, 0) is 13.1 Å². The summed E-state index contributed by atoms with van der Waals surface area (Å²) in [6, 6.07) is 11.4. The van der Waals surface area contributed by atoms with Crippen molar-refractivity contribution in [2.75, 3.05) is 14.2 Å². The smallest absolute Gasteiger partial charge is 0.336 e. The quantitative estimate of drug-likeness (QED) is 0.676. The minimum absolute atomic E-state index is 0.326. The van der Waals surface area contributed by atoms with Gasteiger partial charge in [0.25, 0.3) is 0 Å². The normalized spacial score (nSPS) is 12.5. The molecule has 3 aromatic rings. The molecule has 23 heavy (non-hydrogen) atoms. The Hall–Kier alpha value is -1.63. The van der Waals surface area contributed by atoms with E-state index < -0.39 is 0 Å². The topological polar surface area (TPSA) is 43.9 Å². The molecule has 0 aliphatic heterocycles. The Kier molecular flexibility index (Phi) is 4.84. The van der Waals surface area contributed by atoms with Crippen LogP contribution >= 0.6 is 27.3 Å². The maximum atomic E-state index is 11.8. The predicted octanol–water partition coefficient (Wildman–Crippen LogP) is 2.84. The molecule has 0 radical (unpaired) electrons. The number of quaternary nitrogens is 1. The molecule has 0 aliphatic rings. The molecule has 1 N–H and O–H groups in total. The van der Waals surface area contributed by atoms with Crippen molar-refractivity contribution in [3.8, 4) is 5.75 Å². The second-order valence-corrected chi connectivity index (χ2v) is 8.02. The Morgan fingerprint density at radius 2 is 2.04 bits per heavy atom. The number of hydrogen-bond acceptors (Lipinski definition) is 4. The van der Waals surface area contributed by atoms with Crippen molar-refractivity contribution >= 4 is 38.2 Å². The molecule has 120 valence electrons. The molecule has 2 heterocycles. The summed E-state index contributed by atoms with van der Waals surface area (Å²) in [6.45, 7) is 1.66. The maximum Gasteiger partial charge on any atom is 0.336 e. The first kappa shape index (κ1) is 16.2. The molecule has 1 aromatic carbocycles. The first-order chi connectivity index (χ1) is 11.0. The summed E-state index contributed by atoms with van der Waals surface area (Å²) in [5, 5.41) is 0.956. The lowest BCUT2D eigenvalue weighted by Gasteiger charge is -2.14. The summed E-state index contributed by atoms with van der Waals surface area (Å²) in [4.78, 5) is 14.4. The van der Waals surface area contributed by atoms with Gasteiger partial charge in [0.1, 0.15) is 24.4 Å². The average Bonchev–Trinajstić information content (AvgIpc) is 2.91. The highest BCUT2D eigenvalue weighted by Gasteiger charge is 2.12. The molecule has 0 fully saturated rings. The molecular formula is C17H17BrNO3S+. The SMILES string of the molecule is COc1ccc2c(C[NH+](C)Cc3ccc(Br)s3)cc(=O)oc2c1. The van der Waals surface area contributed by atoms with E-state index in [1.165, 1.54) is 9.78 Å². The van der Waals surface area contributed by atoms with Crippen LogP contribution in [0, 0.1) is 0 Å². The van der Waals surface area contributed by atoms with Gasteiger partial charge in [-0.2, -0.15) is 0 Å². The highest BCUT2D eigenvalue weighted by atomic mass is 79.9. The van der Waals surface area contributed by atoms with E-state index in [2.05, 4.69) is 35.1 Å². The number of rotatable bonds is 5. The summed E-state index contributed by atoms with van der Waals surface area (Å²) in [6.07, 6.45) is 0. The summed E-state index contributed by atoms with van der Waals surface area (Å²) in [5.41, 5.74) is 1.23. The monoisotopic (exact) mass is 394 g/mol. The summed E-state index contributed by atoms with van der Waals surface area (Å²) < 4.78 is 11.6. The summed E-state index contributed by atoms with van der Waals surface area (Å²) in [5.74, 6) is 0.682. The van der Waals surface area contributed by atoms with Crippen LogP contribution in [0.2, 0.25) is 0 Å². The third-order valence-electron chi connectivity index (χ3n) is 3.63. The molecule has 0 aliphatic carbocycles. The summed E-state index contributed by atoms with van der Waals surface area (Å²) in [7, 11) is 3.72. The Morgan fingerprint density at radius 1 is 1.22 bits per heavy atom. The molecular weight excluding hydrogens is 378 g/mol. The first-order valence-electron chi connectivity index (χ1n) is 7.21. The van der Waals surface area contributed by atoms with Crippen molar-refractivity contribution < 1.29 is 14.1 Å². The minimum atomic E-state index is -0.326. The molecule has 3 rings (SSSR count). The van der Waals surface area contributed by atoms with E-state index in [9.17, 15) is 4.79 Å². The average molecular weight is 395 g/mol. The largest absolute Gasteiger partial charge is 0.497 e. The van der Waals surface area contributed by atoms with Gasteiger partial charge in [-0.3, -0.25) is 0 Å². The predicted molar refractivity (Wildman–Crippen MR) is 95.3 cm³/mol. The molecule has 0 saturated carbocycles. The Morgan fingerprint density at radius 3 is 2.74 bits per heavy atom. The van der Waals surface area contributed by atoms with E-state index in [1.54, 1.807) is 30.6 Å². The van der Waals surface area contributed by atoms with Crippen molar-refractivity contribution in [1.82, 2.24) is 0 Å². The Bertz CT molecular complexity index is 887. The van der Waals surface area contributed by atoms with E-state index in [4.69, 9.17) is 9.15 Å². The fraction of sp³-hybridized carbons (Fsp3) is 0.235. The van der Waals surface area contributed by atoms with Gasteiger partial charge in [-0.05, 0) is 40.2 Å². The fourth-order valence-electron chi connectivity index (χ4n) is 2.62. The van der Waals surface area contributed by atoms with Crippen LogP contribution in [0.15, 0.2) is 49.4 Å². The van der Waals surface area contributed by atoms with E-state index in [0.29, 0.717) is 11.3 Å². The van der Waals surface area contributed by atoms with Crippen molar-refractivity contribution in [2.45, 2.75) is 13.1 Å². The van der Waals surface area contributed by atoms with Crippen LogP contribution in [-0.4, -0.2) is 14.2 Å². The van der Waals surface area contributed by atoms with Crippen molar-refractivity contribution in [1.29, 1.82) is 0 Å². The first-order valence-corrected chi connectivity index (χ1v) is 8.82. The Labute approximate surface area is 146 Å². The Balaban J connectivity index is 1.88. The molecule has 4 nitrogen and oxygen atoms in total. The second kappa shape index (κ2) is 6.86. The lowest BCUT2D eigenvalue weighted by molar-refractivity contribution is -0.907. The lowest BCUT2D eigenvalue weighted by atomic mass is 10.1. The summed E-state index contributed by atoms with van der Waals surface area (Å²) >= 11 is 5.23. The highest BCUT2D eigenvalue weighted by Crippen LogP contribution is 2.23. The van der Waals surface area contributed by atoms with E-state index in [-0.39, 0.29) is 5.63 Å². The van der Waals surface area contributed by atoms with Crippen LogP contribution in [0.4, 0.5) is 0 Å². The molecule has 6 heteroatoms. The minimum Gasteiger partial charge on any atom is -0.497 e. The zero-order valence-corrected chi connectivity index (χ0v) is 15.3. The van der Waals surface area contributed by atoms with Crippen molar-refractivity contribution in [3.63, 3.8) is 0 Å². The zero-order chi connectivity index (χ0) is 16.4. The third-order valence-corrected chi connectivity index (χ3v) is 5.26. The van der Waals surface area contributed by atoms with Gasteiger partial charge in [-0.15, -0.1) is 11.3 Å². The van der Waals surface area contributed by atoms with Gasteiger partial charge in [0.2, 0.25) is 0 Å². The number of halogens is 1. The number of benzene rings is 1. The lowest BCUT2D eigenvalue weighted by Crippen LogP contribution is -3.06. The fourth-order valence-corrected chi connectivity index (χ4v) is 4.21. The van der Waals surface area contributed by atoms with Crippen LogP contribution < -0.4 is 15.3 Å². The zero-order valence-electron chi connectivity index (χ0n) is 12.9. The molecule has 0 amide bonds. The van der Waals surface area contributed by atoms with Crippen LogP contribution in [0.3, 0.4) is 0 Å². The van der Waals surface area contributed by atoms with Crippen LogP contribution in [0.25, 0.3) is 11.0 Å². The second-order valence-electron chi connectivity index (χ2n) is 5.47. The van der Waals surface area contributed by atoms with Gasteiger partial charge >= 0.3 is 5.63 Å². The molecule has 2 aromatic heterocycles. The van der Waals surface area contributed by atoms with Gasteiger partial charge in [-0.1, -0.05) is 0 Å². The van der Waals surface area contributed by atoms with Gasteiger partial charge in [0.15, 0.2) is 0 Å². The number of hydrogen-bond donors (Lipinski definition) is 1. The van der Waals surface area contributed by atoms with Gasteiger partial charge in [0.05, 0.1) is 22.8 Å². The molecule has 0 spiro atoms. The van der Waals surface area contributed by atoms with E-state index in [0.717, 1.165) is 27.8 Å². The molecule has 0 saturated heterocycles. The van der Waals surface area contributed by atoms with E-state index >= 15 is 0 Å². The number of thiophene rings is 1. The standard InChI is InChI=1S/C17H16BrNO3S/c1-19(10-13-4-6-16(18)23-13)9-11-7-17(20)22-15-8-12(21-2)3-5-14(11)15/h3-8H,9-10H2,1-2H3/p+1. The number of ether oxygens (including phenoxy) is 1.